The highest BCUT2D eigenvalue weighted by atomic mass is 32.1. The number of anilines is 1. The maximum atomic E-state index is 13.3. The van der Waals surface area contributed by atoms with Gasteiger partial charge in [-0.05, 0) is 56.2 Å². The highest BCUT2D eigenvalue weighted by Crippen LogP contribution is 2.37. The lowest BCUT2D eigenvalue weighted by atomic mass is 9.97. The third-order valence-corrected chi connectivity index (χ3v) is 5.97. The Morgan fingerprint density at radius 2 is 1.87 bits per heavy atom. The zero-order valence-corrected chi connectivity index (χ0v) is 17.6. The van der Waals surface area contributed by atoms with Gasteiger partial charge in [-0.15, -0.1) is 11.3 Å². The van der Waals surface area contributed by atoms with Gasteiger partial charge in [-0.1, -0.05) is 23.8 Å². The number of hydrogen-bond acceptors (Lipinski definition) is 4. The summed E-state index contributed by atoms with van der Waals surface area (Å²) in [7, 11) is 0. The smallest absolute Gasteiger partial charge is 0.263 e. The van der Waals surface area contributed by atoms with Gasteiger partial charge in [-0.25, -0.2) is 9.37 Å². The third kappa shape index (κ3) is 3.76. The molecule has 0 bridgehead atoms. The molecule has 1 amide bonds. The van der Waals surface area contributed by atoms with Crippen LogP contribution in [0.15, 0.2) is 53.6 Å². The van der Waals surface area contributed by atoms with Crippen LogP contribution in [-0.4, -0.2) is 15.5 Å². The van der Waals surface area contributed by atoms with Crippen molar-refractivity contribution >= 4 is 33.1 Å². The molecule has 0 radical (unpaired) electrons. The topological polar surface area (TPSA) is 64.0 Å². The fourth-order valence-electron chi connectivity index (χ4n) is 3.47. The Bertz CT molecular complexity index is 1320. The van der Waals surface area contributed by atoms with Gasteiger partial charge in [-0.3, -0.25) is 14.2 Å². The number of nitrogens with one attached hydrogen (secondary N) is 1. The van der Waals surface area contributed by atoms with E-state index >= 15 is 0 Å². The predicted molar refractivity (Wildman–Crippen MR) is 119 cm³/mol. The van der Waals surface area contributed by atoms with Gasteiger partial charge in [0.1, 0.15) is 17.2 Å². The van der Waals surface area contributed by atoms with Crippen molar-refractivity contribution < 1.29 is 9.18 Å². The Hall–Kier alpha value is -3.32. The minimum Gasteiger partial charge on any atom is -0.325 e. The molecule has 0 spiro atoms. The van der Waals surface area contributed by atoms with Crippen LogP contribution in [0, 0.1) is 26.6 Å². The van der Waals surface area contributed by atoms with Crippen molar-refractivity contribution in [2.24, 2.45) is 0 Å². The Balaban J connectivity index is 1.73. The van der Waals surface area contributed by atoms with Gasteiger partial charge in [-0.2, -0.15) is 0 Å². The molecule has 0 unspecified atom stereocenters. The molecule has 0 saturated carbocycles. The van der Waals surface area contributed by atoms with Crippen molar-refractivity contribution in [3.8, 4) is 11.1 Å². The van der Waals surface area contributed by atoms with E-state index in [9.17, 15) is 14.0 Å². The number of hydrogen-bond donors (Lipinski definition) is 1. The van der Waals surface area contributed by atoms with Crippen molar-refractivity contribution in [2.75, 3.05) is 5.32 Å². The van der Waals surface area contributed by atoms with Crippen LogP contribution in [0.5, 0.6) is 0 Å². The van der Waals surface area contributed by atoms with Crippen LogP contribution in [0.1, 0.15) is 16.0 Å². The summed E-state index contributed by atoms with van der Waals surface area (Å²) in [5.74, 6) is -0.768. The van der Waals surface area contributed by atoms with Gasteiger partial charge in [0.2, 0.25) is 5.91 Å². The van der Waals surface area contributed by atoms with E-state index in [0.717, 1.165) is 27.1 Å². The molecular formula is C23H20FN3O2S. The number of benzene rings is 2. The summed E-state index contributed by atoms with van der Waals surface area (Å²) in [6, 6.07) is 11.6. The summed E-state index contributed by atoms with van der Waals surface area (Å²) in [5, 5.41) is 3.20. The number of fused-ring (bicyclic) bond motifs is 1. The van der Waals surface area contributed by atoms with Gasteiger partial charge in [0.05, 0.1) is 11.7 Å². The van der Waals surface area contributed by atoms with Crippen LogP contribution in [0.3, 0.4) is 0 Å². The Morgan fingerprint density at radius 1 is 1.13 bits per heavy atom. The fourth-order valence-corrected chi connectivity index (χ4v) is 4.46. The van der Waals surface area contributed by atoms with Gasteiger partial charge in [0.25, 0.3) is 5.56 Å². The normalized spacial score (nSPS) is 11.1. The highest BCUT2D eigenvalue weighted by Gasteiger charge is 2.19. The van der Waals surface area contributed by atoms with Crippen molar-refractivity contribution in [3.05, 3.63) is 81.0 Å². The first kappa shape index (κ1) is 20.0. The molecule has 7 heteroatoms. The van der Waals surface area contributed by atoms with E-state index in [4.69, 9.17) is 0 Å². The molecule has 2 heterocycles. The number of rotatable bonds is 4. The summed E-state index contributed by atoms with van der Waals surface area (Å²) >= 11 is 1.47. The van der Waals surface area contributed by atoms with Crippen LogP contribution in [-0.2, 0) is 11.3 Å². The number of nitrogens with zero attached hydrogens (tertiary/aromatic N) is 2. The monoisotopic (exact) mass is 421 g/mol. The molecule has 0 aliphatic rings. The predicted octanol–water partition coefficient (Wildman–Crippen LogP) is 4.83. The van der Waals surface area contributed by atoms with Gasteiger partial charge in [0.15, 0.2) is 0 Å². The van der Waals surface area contributed by atoms with Gasteiger partial charge >= 0.3 is 0 Å². The number of amides is 1. The second kappa shape index (κ2) is 7.84. The lowest BCUT2D eigenvalue weighted by molar-refractivity contribution is -0.116. The van der Waals surface area contributed by atoms with Crippen molar-refractivity contribution in [2.45, 2.75) is 27.3 Å². The summed E-state index contributed by atoms with van der Waals surface area (Å²) in [4.78, 5) is 31.8. The Kier molecular flexibility index (Phi) is 5.22. The van der Waals surface area contributed by atoms with Crippen LogP contribution < -0.4 is 10.9 Å². The molecule has 152 valence electrons. The maximum Gasteiger partial charge on any atom is 0.263 e. The molecule has 0 aliphatic heterocycles. The molecule has 0 atom stereocenters. The summed E-state index contributed by atoms with van der Waals surface area (Å²) < 4.78 is 14.3. The number of aryl methyl sites for hydroxylation is 3. The van der Waals surface area contributed by atoms with E-state index < -0.39 is 0 Å². The van der Waals surface area contributed by atoms with Crippen LogP contribution in [0.2, 0.25) is 0 Å². The second-order valence-corrected chi connectivity index (χ2v) is 8.47. The van der Waals surface area contributed by atoms with E-state index in [1.165, 1.54) is 46.5 Å². The molecule has 5 nitrogen and oxygen atoms in total. The molecular weight excluding hydrogens is 401 g/mol. The first-order valence-electron chi connectivity index (χ1n) is 9.45. The van der Waals surface area contributed by atoms with Crippen molar-refractivity contribution in [1.29, 1.82) is 0 Å². The van der Waals surface area contributed by atoms with Gasteiger partial charge < -0.3 is 5.32 Å². The average molecular weight is 421 g/mol. The zero-order valence-electron chi connectivity index (χ0n) is 16.8. The number of halogens is 1. The van der Waals surface area contributed by atoms with E-state index in [1.807, 2.05) is 32.9 Å². The molecule has 0 fully saturated rings. The van der Waals surface area contributed by atoms with Crippen LogP contribution in [0.25, 0.3) is 21.3 Å². The first-order valence-corrected chi connectivity index (χ1v) is 10.3. The maximum absolute atomic E-state index is 13.3. The van der Waals surface area contributed by atoms with Gasteiger partial charge in [0, 0.05) is 16.1 Å². The SMILES string of the molecule is Cc1ccc(C)c(-c2c(C)sc3ncn(CC(=O)Nc4ccc(F)cc4)c(=O)c23)c1. The highest BCUT2D eigenvalue weighted by molar-refractivity contribution is 7.19. The third-order valence-electron chi connectivity index (χ3n) is 4.96. The number of carbonyl (C=O) groups is 1. The Morgan fingerprint density at radius 3 is 2.60 bits per heavy atom. The van der Waals surface area contributed by atoms with E-state index in [0.29, 0.717) is 15.9 Å². The lowest BCUT2D eigenvalue weighted by Gasteiger charge is -2.10. The molecule has 1 N–H and O–H groups in total. The molecule has 2 aromatic heterocycles. The summed E-state index contributed by atoms with van der Waals surface area (Å²) in [6.07, 6.45) is 1.40. The second-order valence-electron chi connectivity index (χ2n) is 7.26. The molecule has 0 saturated heterocycles. The van der Waals surface area contributed by atoms with Crippen molar-refractivity contribution in [3.63, 3.8) is 0 Å². The summed E-state index contributed by atoms with van der Waals surface area (Å²) in [5.41, 5.74) is 4.28. The number of aromatic nitrogens is 2. The minimum absolute atomic E-state index is 0.180. The van der Waals surface area contributed by atoms with Crippen molar-refractivity contribution in [1.82, 2.24) is 9.55 Å². The lowest BCUT2D eigenvalue weighted by Crippen LogP contribution is -2.27. The van der Waals surface area contributed by atoms with E-state index in [1.54, 1.807) is 0 Å². The summed E-state index contributed by atoms with van der Waals surface area (Å²) in [6.45, 7) is 5.83. The first-order chi connectivity index (χ1) is 14.3. The zero-order chi connectivity index (χ0) is 21.4. The molecule has 2 aromatic carbocycles. The number of thiophene rings is 1. The molecule has 4 aromatic rings. The van der Waals surface area contributed by atoms with Crippen LogP contribution in [0.4, 0.5) is 10.1 Å². The minimum atomic E-state index is -0.384. The number of carbonyl (C=O) groups excluding carboxylic acids is 1. The standard InChI is InChI=1S/C23H20FN3O2S/c1-13-4-5-14(2)18(10-13)20-15(3)30-22-21(20)23(29)27(12-25-22)11-19(28)26-17-8-6-16(24)7-9-17/h4-10,12H,11H2,1-3H3,(H,26,28). The molecule has 30 heavy (non-hydrogen) atoms. The Labute approximate surface area is 176 Å². The van der Waals surface area contributed by atoms with Crippen LogP contribution >= 0.6 is 11.3 Å². The molecule has 4 rings (SSSR count). The quantitative estimate of drug-likeness (QED) is 0.513. The molecule has 0 aliphatic carbocycles. The average Bonchev–Trinajstić information content (AvgIpc) is 3.04. The fraction of sp³-hybridized carbons (Fsp3) is 0.174. The van der Waals surface area contributed by atoms with E-state index in [2.05, 4.69) is 16.4 Å². The largest absolute Gasteiger partial charge is 0.325 e. The van der Waals surface area contributed by atoms with E-state index in [-0.39, 0.29) is 23.8 Å².